The molecule has 0 saturated carbocycles. The highest BCUT2D eigenvalue weighted by Crippen LogP contribution is 2.30. The molecule has 2 aliphatic heterocycles. The van der Waals surface area contributed by atoms with Gasteiger partial charge in [0.05, 0.1) is 24.8 Å². The first-order valence-corrected chi connectivity index (χ1v) is 7.64. The maximum Gasteiger partial charge on any atom is 0.240 e. The van der Waals surface area contributed by atoms with Gasteiger partial charge in [0.15, 0.2) is 0 Å². The quantitative estimate of drug-likeness (QED) is 0.904. The number of rotatable bonds is 4. The van der Waals surface area contributed by atoms with Crippen LogP contribution >= 0.6 is 0 Å². The van der Waals surface area contributed by atoms with Crippen molar-refractivity contribution in [1.82, 2.24) is 5.32 Å². The van der Waals surface area contributed by atoms with Crippen LogP contribution in [0.5, 0.6) is 5.75 Å². The average molecular weight is 304 g/mol. The first-order chi connectivity index (χ1) is 10.7. The minimum atomic E-state index is -0.180. The third-order valence-corrected chi connectivity index (χ3v) is 3.88. The fraction of sp³-hybridized carbons (Fsp3) is 0.500. The predicted octanol–water partition coefficient (Wildman–Crippen LogP) is 1.10. The molecule has 2 amide bonds. The number of hydrogen-bond acceptors (Lipinski definition) is 4. The molecule has 1 aromatic rings. The summed E-state index contributed by atoms with van der Waals surface area (Å²) >= 11 is 0. The molecule has 1 saturated heterocycles. The van der Waals surface area contributed by atoms with Crippen LogP contribution in [0.2, 0.25) is 0 Å². The lowest BCUT2D eigenvalue weighted by atomic mass is 10.2. The van der Waals surface area contributed by atoms with E-state index in [-0.39, 0.29) is 30.9 Å². The van der Waals surface area contributed by atoms with Gasteiger partial charge in [0, 0.05) is 13.2 Å². The van der Waals surface area contributed by atoms with Gasteiger partial charge in [0.25, 0.3) is 0 Å². The van der Waals surface area contributed by atoms with E-state index in [9.17, 15) is 9.59 Å². The van der Waals surface area contributed by atoms with Crippen LogP contribution in [-0.4, -0.2) is 44.2 Å². The standard InChI is InChI=1S/C16H20N2O4/c19-15(17-10-12-4-3-8-21-12)11-18-13-5-1-2-6-14(13)22-9-7-16(18)20/h1-2,5-6,12H,3-4,7-11H2,(H,17,19)/t12-/m0/s1. The summed E-state index contributed by atoms with van der Waals surface area (Å²) < 4.78 is 11.0. The molecule has 6 nitrogen and oxygen atoms in total. The number of nitrogens with zero attached hydrogens (tertiary/aromatic N) is 1. The van der Waals surface area contributed by atoms with E-state index in [0.717, 1.165) is 19.4 Å². The Morgan fingerprint density at radius 3 is 3.00 bits per heavy atom. The zero-order valence-electron chi connectivity index (χ0n) is 12.4. The van der Waals surface area contributed by atoms with Crippen molar-refractivity contribution in [1.29, 1.82) is 0 Å². The fourth-order valence-electron chi connectivity index (χ4n) is 2.73. The molecular weight excluding hydrogens is 284 g/mol. The third-order valence-electron chi connectivity index (χ3n) is 3.88. The van der Waals surface area contributed by atoms with Gasteiger partial charge >= 0.3 is 0 Å². The number of benzene rings is 1. The summed E-state index contributed by atoms with van der Waals surface area (Å²) in [4.78, 5) is 25.8. The number of para-hydroxylation sites is 2. The van der Waals surface area contributed by atoms with Gasteiger partial charge in [-0.3, -0.25) is 14.5 Å². The Morgan fingerprint density at radius 1 is 1.32 bits per heavy atom. The van der Waals surface area contributed by atoms with Gasteiger partial charge in [0.2, 0.25) is 11.8 Å². The number of amides is 2. The summed E-state index contributed by atoms with van der Waals surface area (Å²) in [5.41, 5.74) is 0.650. The topological polar surface area (TPSA) is 67.9 Å². The highest BCUT2D eigenvalue weighted by molar-refractivity contribution is 6.00. The van der Waals surface area contributed by atoms with Crippen molar-refractivity contribution >= 4 is 17.5 Å². The van der Waals surface area contributed by atoms with Crippen molar-refractivity contribution in [2.45, 2.75) is 25.4 Å². The predicted molar refractivity (Wildman–Crippen MR) is 80.9 cm³/mol. The Labute approximate surface area is 129 Å². The number of hydrogen-bond donors (Lipinski definition) is 1. The SMILES string of the molecule is O=C(CN1C(=O)CCOc2ccccc21)NC[C@@H]1CCCO1. The highest BCUT2D eigenvalue weighted by Gasteiger charge is 2.25. The second-order valence-electron chi connectivity index (χ2n) is 5.49. The van der Waals surface area contributed by atoms with Crippen LogP contribution in [0.3, 0.4) is 0 Å². The molecule has 0 radical (unpaired) electrons. The molecule has 6 heteroatoms. The molecule has 0 bridgehead atoms. The van der Waals surface area contributed by atoms with Crippen molar-refractivity contribution in [2.24, 2.45) is 0 Å². The number of fused-ring (bicyclic) bond motifs is 1. The van der Waals surface area contributed by atoms with Gasteiger partial charge in [-0.05, 0) is 25.0 Å². The van der Waals surface area contributed by atoms with E-state index in [0.29, 0.717) is 24.6 Å². The van der Waals surface area contributed by atoms with E-state index in [1.54, 1.807) is 6.07 Å². The van der Waals surface area contributed by atoms with E-state index in [4.69, 9.17) is 9.47 Å². The van der Waals surface area contributed by atoms with Crippen LogP contribution in [0, 0.1) is 0 Å². The lowest BCUT2D eigenvalue weighted by molar-refractivity contribution is -0.124. The number of nitrogens with one attached hydrogen (secondary N) is 1. The maximum atomic E-state index is 12.2. The molecule has 2 heterocycles. The molecule has 0 aliphatic carbocycles. The molecule has 0 unspecified atom stereocenters. The number of carbonyl (C=O) groups is 2. The smallest absolute Gasteiger partial charge is 0.240 e. The van der Waals surface area contributed by atoms with Crippen molar-refractivity contribution in [3.05, 3.63) is 24.3 Å². The van der Waals surface area contributed by atoms with Gasteiger partial charge in [-0.15, -0.1) is 0 Å². The molecule has 1 aromatic carbocycles. The summed E-state index contributed by atoms with van der Waals surface area (Å²) in [5, 5.41) is 2.85. The summed E-state index contributed by atoms with van der Waals surface area (Å²) in [5.74, 6) is 0.359. The normalized spacial score (nSPS) is 21.0. The molecule has 3 rings (SSSR count). The molecule has 0 aromatic heterocycles. The van der Waals surface area contributed by atoms with Crippen molar-refractivity contribution < 1.29 is 19.1 Å². The second-order valence-corrected chi connectivity index (χ2v) is 5.49. The molecule has 1 N–H and O–H groups in total. The molecule has 1 fully saturated rings. The van der Waals surface area contributed by atoms with Crippen molar-refractivity contribution in [2.75, 3.05) is 31.2 Å². The first kappa shape index (κ1) is 14.8. The summed E-state index contributed by atoms with van der Waals surface area (Å²) in [6, 6.07) is 7.29. The van der Waals surface area contributed by atoms with Crippen LogP contribution in [0.4, 0.5) is 5.69 Å². The maximum absolute atomic E-state index is 12.2. The lowest BCUT2D eigenvalue weighted by Crippen LogP contribution is -2.42. The number of carbonyl (C=O) groups excluding carboxylic acids is 2. The van der Waals surface area contributed by atoms with Gasteiger partial charge in [-0.2, -0.15) is 0 Å². The second kappa shape index (κ2) is 6.79. The molecule has 2 aliphatic rings. The Morgan fingerprint density at radius 2 is 2.18 bits per heavy atom. The monoisotopic (exact) mass is 304 g/mol. The average Bonchev–Trinajstić information content (AvgIpc) is 2.99. The molecule has 0 spiro atoms. The Hall–Kier alpha value is -2.08. The largest absolute Gasteiger partial charge is 0.491 e. The van der Waals surface area contributed by atoms with Gasteiger partial charge in [-0.1, -0.05) is 12.1 Å². The zero-order valence-corrected chi connectivity index (χ0v) is 12.4. The zero-order chi connectivity index (χ0) is 15.4. The van der Waals surface area contributed by atoms with E-state index >= 15 is 0 Å². The summed E-state index contributed by atoms with van der Waals surface area (Å²) in [6.45, 7) is 1.60. The van der Waals surface area contributed by atoms with Crippen LogP contribution < -0.4 is 15.0 Å². The summed E-state index contributed by atoms with van der Waals surface area (Å²) in [6.07, 6.45) is 2.38. The molecule has 118 valence electrons. The van der Waals surface area contributed by atoms with Crippen molar-refractivity contribution in [3.8, 4) is 5.75 Å². The summed E-state index contributed by atoms with van der Waals surface area (Å²) in [7, 11) is 0. The minimum absolute atomic E-state index is 0.00588. The molecule has 1 atom stereocenters. The van der Waals surface area contributed by atoms with Crippen LogP contribution in [0.1, 0.15) is 19.3 Å². The Kier molecular flexibility index (Phi) is 4.58. The molecule has 22 heavy (non-hydrogen) atoms. The number of anilines is 1. The van der Waals surface area contributed by atoms with E-state index < -0.39 is 0 Å². The minimum Gasteiger partial charge on any atom is -0.491 e. The molecular formula is C16H20N2O4. The van der Waals surface area contributed by atoms with Crippen LogP contribution in [0.25, 0.3) is 0 Å². The Bertz CT molecular complexity index is 555. The first-order valence-electron chi connectivity index (χ1n) is 7.64. The van der Waals surface area contributed by atoms with Gasteiger partial charge in [0.1, 0.15) is 12.3 Å². The van der Waals surface area contributed by atoms with E-state index in [1.165, 1.54) is 4.90 Å². The van der Waals surface area contributed by atoms with E-state index in [1.807, 2.05) is 18.2 Å². The Balaban J connectivity index is 1.64. The third kappa shape index (κ3) is 3.39. The fourth-order valence-corrected chi connectivity index (χ4v) is 2.73. The lowest BCUT2D eigenvalue weighted by Gasteiger charge is -2.21. The van der Waals surface area contributed by atoms with Crippen molar-refractivity contribution in [3.63, 3.8) is 0 Å². The highest BCUT2D eigenvalue weighted by atomic mass is 16.5. The van der Waals surface area contributed by atoms with E-state index in [2.05, 4.69) is 5.32 Å². The van der Waals surface area contributed by atoms with Crippen LogP contribution in [0.15, 0.2) is 24.3 Å². The van der Waals surface area contributed by atoms with Gasteiger partial charge < -0.3 is 14.8 Å². The number of ether oxygens (including phenoxy) is 2. The van der Waals surface area contributed by atoms with Gasteiger partial charge in [-0.25, -0.2) is 0 Å². The van der Waals surface area contributed by atoms with Crippen LogP contribution in [-0.2, 0) is 14.3 Å².